The molecule has 0 bridgehead atoms. The number of benzene rings is 1. The van der Waals surface area contributed by atoms with Crippen molar-refractivity contribution in [2.24, 2.45) is 0 Å². The van der Waals surface area contributed by atoms with Crippen LogP contribution in [-0.2, 0) is 25.7 Å². The van der Waals surface area contributed by atoms with E-state index in [2.05, 4.69) is 4.74 Å². The van der Waals surface area contributed by atoms with Crippen molar-refractivity contribution in [3.63, 3.8) is 0 Å². The van der Waals surface area contributed by atoms with Gasteiger partial charge in [0.1, 0.15) is 6.61 Å². The highest BCUT2D eigenvalue weighted by Gasteiger charge is 2.14. The van der Waals surface area contributed by atoms with Gasteiger partial charge in [-0.1, -0.05) is 30.3 Å². The Morgan fingerprint density at radius 1 is 1.40 bits per heavy atom. The molecule has 4 nitrogen and oxygen atoms in total. The normalized spacial score (nSPS) is 11.5. The Morgan fingerprint density at radius 3 is 2.67 bits per heavy atom. The second-order valence-electron chi connectivity index (χ2n) is 2.97. The molecule has 0 saturated carbocycles. The molecule has 1 atom stereocenters. The fourth-order valence-corrected chi connectivity index (χ4v) is 0.985. The van der Waals surface area contributed by atoms with E-state index in [4.69, 9.17) is 4.74 Å². The Morgan fingerprint density at radius 2 is 2.07 bits per heavy atom. The Kier molecular flexibility index (Phi) is 4.34. The largest absolute Gasteiger partial charge is 0.458 e. The number of rotatable bonds is 5. The quantitative estimate of drug-likeness (QED) is 0.540. The maximum atomic E-state index is 11.2. The first-order chi connectivity index (χ1) is 7.24. The Bertz CT molecular complexity index is 321. The van der Waals surface area contributed by atoms with Crippen molar-refractivity contribution in [3.05, 3.63) is 35.9 Å². The fourth-order valence-electron chi connectivity index (χ4n) is 0.985. The van der Waals surface area contributed by atoms with Crippen LogP contribution in [0.3, 0.4) is 0 Å². The molecule has 80 valence electrons. The zero-order chi connectivity index (χ0) is 11.1. The summed E-state index contributed by atoms with van der Waals surface area (Å²) in [5, 5.41) is 0. The number of carbonyl (C=O) groups is 2. The first-order valence-electron chi connectivity index (χ1n) is 4.53. The van der Waals surface area contributed by atoms with Crippen LogP contribution >= 0.6 is 0 Å². The molecule has 0 aromatic heterocycles. The van der Waals surface area contributed by atoms with Crippen molar-refractivity contribution in [3.8, 4) is 0 Å². The second-order valence-corrected chi connectivity index (χ2v) is 2.97. The van der Waals surface area contributed by atoms with E-state index in [0.29, 0.717) is 0 Å². The lowest BCUT2D eigenvalue weighted by Gasteiger charge is -2.09. The Labute approximate surface area is 87.8 Å². The molecule has 0 saturated heterocycles. The fraction of sp³-hybridized carbons (Fsp3) is 0.273. The molecule has 1 aromatic carbocycles. The van der Waals surface area contributed by atoms with E-state index in [1.165, 1.54) is 6.92 Å². The maximum absolute atomic E-state index is 11.2. The first kappa shape index (κ1) is 11.2. The van der Waals surface area contributed by atoms with Crippen molar-refractivity contribution in [2.75, 3.05) is 0 Å². The van der Waals surface area contributed by atoms with Crippen LogP contribution in [0.1, 0.15) is 12.5 Å². The van der Waals surface area contributed by atoms with Gasteiger partial charge in [0.05, 0.1) is 0 Å². The highest BCUT2D eigenvalue weighted by Crippen LogP contribution is 2.02. The van der Waals surface area contributed by atoms with Crippen molar-refractivity contribution in [1.82, 2.24) is 0 Å². The molecule has 1 aromatic rings. The van der Waals surface area contributed by atoms with Gasteiger partial charge in [0, 0.05) is 0 Å². The smallest absolute Gasteiger partial charge is 0.347 e. The van der Waals surface area contributed by atoms with Crippen molar-refractivity contribution < 1.29 is 19.1 Å². The van der Waals surface area contributed by atoms with Crippen LogP contribution in [0.2, 0.25) is 0 Å². The lowest BCUT2D eigenvalue weighted by atomic mass is 10.2. The van der Waals surface area contributed by atoms with Crippen LogP contribution in [0.5, 0.6) is 0 Å². The van der Waals surface area contributed by atoms with Gasteiger partial charge in [0.2, 0.25) is 0 Å². The molecule has 1 rings (SSSR count). The van der Waals surface area contributed by atoms with Crippen LogP contribution in [0.25, 0.3) is 0 Å². The molecule has 0 fully saturated rings. The van der Waals surface area contributed by atoms with E-state index >= 15 is 0 Å². The van der Waals surface area contributed by atoms with Gasteiger partial charge < -0.3 is 9.47 Å². The average molecular weight is 208 g/mol. The lowest BCUT2D eigenvalue weighted by molar-refractivity contribution is -0.161. The van der Waals surface area contributed by atoms with Gasteiger partial charge in [-0.2, -0.15) is 0 Å². The number of hydrogen-bond acceptors (Lipinski definition) is 4. The zero-order valence-corrected chi connectivity index (χ0v) is 8.38. The van der Waals surface area contributed by atoms with Crippen LogP contribution < -0.4 is 0 Å². The third kappa shape index (κ3) is 3.81. The summed E-state index contributed by atoms with van der Waals surface area (Å²) in [7, 11) is 0. The number of esters is 1. The van der Waals surface area contributed by atoms with Gasteiger partial charge >= 0.3 is 5.97 Å². The van der Waals surface area contributed by atoms with E-state index in [9.17, 15) is 9.59 Å². The third-order valence-electron chi connectivity index (χ3n) is 1.82. The summed E-state index contributed by atoms with van der Waals surface area (Å²) in [6, 6.07) is 9.28. The Balaban J connectivity index is 2.37. The molecule has 0 radical (unpaired) electrons. The van der Waals surface area contributed by atoms with E-state index < -0.39 is 12.1 Å². The minimum atomic E-state index is -0.855. The molecule has 15 heavy (non-hydrogen) atoms. The van der Waals surface area contributed by atoms with E-state index in [1.54, 1.807) is 0 Å². The van der Waals surface area contributed by atoms with E-state index in [0.717, 1.165) is 5.56 Å². The predicted octanol–water partition coefficient (Wildman–Crippen LogP) is 1.29. The molecule has 0 aliphatic rings. The van der Waals surface area contributed by atoms with Crippen molar-refractivity contribution in [1.29, 1.82) is 0 Å². The number of hydrogen-bond donors (Lipinski definition) is 0. The van der Waals surface area contributed by atoms with Gasteiger partial charge in [-0.15, -0.1) is 0 Å². The highest BCUT2D eigenvalue weighted by molar-refractivity contribution is 5.75. The van der Waals surface area contributed by atoms with Crippen LogP contribution in [0.15, 0.2) is 30.3 Å². The molecule has 1 unspecified atom stereocenters. The van der Waals surface area contributed by atoms with E-state index in [-0.39, 0.29) is 13.1 Å². The zero-order valence-electron chi connectivity index (χ0n) is 8.38. The van der Waals surface area contributed by atoms with Crippen LogP contribution in [0, 0.1) is 0 Å². The van der Waals surface area contributed by atoms with Gasteiger partial charge in [-0.05, 0) is 12.5 Å². The molecular formula is C11H12O4. The minimum Gasteiger partial charge on any atom is -0.458 e. The summed E-state index contributed by atoms with van der Waals surface area (Å²) >= 11 is 0. The topological polar surface area (TPSA) is 52.6 Å². The number of ether oxygens (including phenoxy) is 2. The standard InChI is InChI=1S/C11H12O4/c1-9(15-8-12)11(13)14-7-10-5-3-2-4-6-10/h2-6,8-9H,7H2,1H3. The molecule has 0 amide bonds. The predicted molar refractivity (Wildman–Crippen MR) is 52.8 cm³/mol. The van der Waals surface area contributed by atoms with Gasteiger partial charge in [-0.3, -0.25) is 4.79 Å². The SMILES string of the molecule is CC(OC=O)C(=O)OCc1ccccc1. The second kappa shape index (κ2) is 5.80. The molecule has 0 aliphatic heterocycles. The average Bonchev–Trinajstić information content (AvgIpc) is 2.27. The van der Waals surface area contributed by atoms with Gasteiger partial charge in [0.15, 0.2) is 6.10 Å². The summed E-state index contributed by atoms with van der Waals surface area (Å²) in [5.74, 6) is -0.550. The van der Waals surface area contributed by atoms with Gasteiger partial charge in [0.25, 0.3) is 6.47 Å². The summed E-state index contributed by atoms with van der Waals surface area (Å²) in [4.78, 5) is 21.2. The summed E-state index contributed by atoms with van der Waals surface area (Å²) in [6.45, 7) is 1.88. The summed E-state index contributed by atoms with van der Waals surface area (Å²) < 4.78 is 9.36. The monoisotopic (exact) mass is 208 g/mol. The number of carbonyl (C=O) groups excluding carboxylic acids is 2. The summed E-state index contributed by atoms with van der Waals surface area (Å²) in [6.07, 6.45) is -0.855. The first-order valence-corrected chi connectivity index (χ1v) is 4.53. The summed E-state index contributed by atoms with van der Waals surface area (Å²) in [5.41, 5.74) is 0.893. The van der Waals surface area contributed by atoms with Gasteiger partial charge in [-0.25, -0.2) is 4.79 Å². The van der Waals surface area contributed by atoms with Crippen LogP contribution in [-0.4, -0.2) is 18.5 Å². The lowest BCUT2D eigenvalue weighted by Crippen LogP contribution is -2.22. The van der Waals surface area contributed by atoms with Crippen LogP contribution in [0.4, 0.5) is 0 Å². The molecular weight excluding hydrogens is 196 g/mol. The van der Waals surface area contributed by atoms with Crippen molar-refractivity contribution in [2.45, 2.75) is 19.6 Å². The van der Waals surface area contributed by atoms with Crippen molar-refractivity contribution >= 4 is 12.4 Å². The molecule has 0 aliphatic carbocycles. The van der Waals surface area contributed by atoms with E-state index in [1.807, 2.05) is 30.3 Å². The molecule has 4 heteroatoms. The molecule has 0 N–H and O–H groups in total. The molecule has 0 spiro atoms. The molecule has 0 heterocycles. The maximum Gasteiger partial charge on any atom is 0.347 e. The third-order valence-corrected chi connectivity index (χ3v) is 1.82. The highest BCUT2D eigenvalue weighted by atomic mass is 16.6. The Hall–Kier alpha value is -1.84. The minimum absolute atomic E-state index is 0.187.